The van der Waals surface area contributed by atoms with Gasteiger partial charge in [-0.25, -0.2) is 0 Å². The minimum atomic E-state index is 0.525. The van der Waals surface area contributed by atoms with Gasteiger partial charge < -0.3 is 4.57 Å². The maximum atomic E-state index is 8.52. The van der Waals surface area contributed by atoms with Crippen LogP contribution >= 0.6 is 11.8 Å². The van der Waals surface area contributed by atoms with Crippen LogP contribution in [0.25, 0.3) is 11.4 Å². The fourth-order valence-electron chi connectivity index (χ4n) is 1.58. The summed E-state index contributed by atoms with van der Waals surface area (Å²) in [5.41, 5.74) is 2.28. The summed E-state index contributed by atoms with van der Waals surface area (Å²) in [6, 6.07) is 10.3. The van der Waals surface area contributed by atoms with Crippen molar-refractivity contribution < 1.29 is 0 Å². The Bertz CT molecular complexity index is 566. The molecule has 1 heterocycles. The normalized spacial score (nSPS) is 10.3. The second-order valence-electron chi connectivity index (χ2n) is 3.99. The fourth-order valence-corrected chi connectivity index (χ4v) is 2.34. The maximum Gasteiger partial charge on any atom is 0.191 e. The van der Waals surface area contributed by atoms with Gasteiger partial charge in [-0.3, -0.25) is 0 Å². The summed E-state index contributed by atoms with van der Waals surface area (Å²) in [6.07, 6.45) is 0.525. The van der Waals surface area contributed by atoms with Crippen molar-refractivity contribution in [3.05, 3.63) is 29.8 Å². The summed E-state index contributed by atoms with van der Waals surface area (Å²) >= 11 is 1.56. The van der Waals surface area contributed by atoms with Gasteiger partial charge in [0.1, 0.15) is 0 Å². The zero-order chi connectivity index (χ0) is 13.0. The monoisotopic (exact) mass is 258 g/mol. The first-order valence-electron chi connectivity index (χ1n) is 5.68. The summed E-state index contributed by atoms with van der Waals surface area (Å²) in [6.45, 7) is 2.06. The lowest BCUT2D eigenvalue weighted by atomic mass is 10.1. The van der Waals surface area contributed by atoms with Crippen LogP contribution in [-0.2, 0) is 7.05 Å². The number of nitrogens with zero attached hydrogens (tertiary/aromatic N) is 4. The molecule has 0 amide bonds. The molecule has 92 valence electrons. The standard InChI is InChI=1S/C13H14N4S/c1-10-4-6-11(7-5-10)12-15-16-13(17(12)2)18-9-3-8-14/h4-7H,3,9H2,1-2H3. The highest BCUT2D eigenvalue weighted by Crippen LogP contribution is 2.23. The number of nitriles is 1. The Morgan fingerprint density at radius 1 is 1.28 bits per heavy atom. The van der Waals surface area contributed by atoms with Gasteiger partial charge in [-0.15, -0.1) is 10.2 Å². The van der Waals surface area contributed by atoms with Gasteiger partial charge >= 0.3 is 0 Å². The Morgan fingerprint density at radius 2 is 2.00 bits per heavy atom. The summed E-state index contributed by atoms with van der Waals surface area (Å²) in [5, 5.41) is 17.7. The lowest BCUT2D eigenvalue weighted by Gasteiger charge is -2.03. The van der Waals surface area contributed by atoms with Crippen LogP contribution in [0.5, 0.6) is 0 Å². The molecule has 0 unspecified atom stereocenters. The molecule has 18 heavy (non-hydrogen) atoms. The van der Waals surface area contributed by atoms with Crippen molar-refractivity contribution in [3.8, 4) is 17.5 Å². The molecule has 0 bridgehead atoms. The number of aromatic nitrogens is 3. The molecule has 0 saturated carbocycles. The highest BCUT2D eigenvalue weighted by molar-refractivity contribution is 7.99. The summed E-state index contributed by atoms with van der Waals surface area (Å²) in [7, 11) is 1.95. The lowest BCUT2D eigenvalue weighted by molar-refractivity contribution is 0.794. The van der Waals surface area contributed by atoms with Gasteiger partial charge in [-0.2, -0.15) is 5.26 Å². The largest absolute Gasteiger partial charge is 0.305 e. The van der Waals surface area contributed by atoms with E-state index in [4.69, 9.17) is 5.26 Å². The van der Waals surface area contributed by atoms with E-state index in [9.17, 15) is 0 Å². The van der Waals surface area contributed by atoms with Crippen LogP contribution in [0.2, 0.25) is 0 Å². The Balaban J connectivity index is 2.20. The van der Waals surface area contributed by atoms with Crippen molar-refractivity contribution in [2.24, 2.45) is 7.05 Å². The molecule has 1 aromatic carbocycles. The molecule has 5 heteroatoms. The molecule has 2 aromatic rings. The molecule has 0 radical (unpaired) electrons. The van der Waals surface area contributed by atoms with E-state index in [0.717, 1.165) is 22.3 Å². The molecule has 0 aliphatic rings. The molecule has 1 aromatic heterocycles. The molecule has 0 atom stereocenters. The SMILES string of the molecule is Cc1ccc(-c2nnc(SCCC#N)n2C)cc1. The van der Waals surface area contributed by atoms with Crippen molar-refractivity contribution in [1.29, 1.82) is 5.26 Å². The van der Waals surface area contributed by atoms with E-state index in [-0.39, 0.29) is 0 Å². The first-order chi connectivity index (χ1) is 8.72. The summed E-state index contributed by atoms with van der Waals surface area (Å²) < 4.78 is 1.96. The highest BCUT2D eigenvalue weighted by atomic mass is 32.2. The first-order valence-corrected chi connectivity index (χ1v) is 6.67. The van der Waals surface area contributed by atoms with Crippen molar-refractivity contribution in [1.82, 2.24) is 14.8 Å². The van der Waals surface area contributed by atoms with Crippen molar-refractivity contribution >= 4 is 11.8 Å². The number of rotatable bonds is 4. The second kappa shape index (κ2) is 5.69. The lowest BCUT2D eigenvalue weighted by Crippen LogP contribution is -1.95. The third kappa shape index (κ3) is 2.71. The van der Waals surface area contributed by atoms with E-state index >= 15 is 0 Å². The second-order valence-corrected chi connectivity index (χ2v) is 5.05. The minimum Gasteiger partial charge on any atom is -0.305 e. The van der Waals surface area contributed by atoms with Gasteiger partial charge in [0.25, 0.3) is 0 Å². The van der Waals surface area contributed by atoms with Crippen molar-refractivity contribution in [2.75, 3.05) is 5.75 Å². The molecule has 0 fully saturated rings. The van der Waals surface area contributed by atoms with E-state index < -0.39 is 0 Å². The average Bonchev–Trinajstić information content (AvgIpc) is 2.73. The quantitative estimate of drug-likeness (QED) is 0.625. The smallest absolute Gasteiger partial charge is 0.191 e. The van der Waals surface area contributed by atoms with Crippen molar-refractivity contribution in [3.63, 3.8) is 0 Å². The van der Waals surface area contributed by atoms with Crippen LogP contribution in [0.3, 0.4) is 0 Å². The summed E-state index contributed by atoms with van der Waals surface area (Å²) in [4.78, 5) is 0. The van der Waals surface area contributed by atoms with Crippen LogP contribution in [0, 0.1) is 18.3 Å². The van der Waals surface area contributed by atoms with Gasteiger partial charge in [0.05, 0.1) is 6.07 Å². The topological polar surface area (TPSA) is 54.5 Å². The fraction of sp³-hybridized carbons (Fsp3) is 0.308. The molecular formula is C13H14N4S. The number of thioether (sulfide) groups is 1. The molecule has 0 saturated heterocycles. The molecule has 0 N–H and O–H groups in total. The molecule has 0 spiro atoms. The van der Waals surface area contributed by atoms with Crippen molar-refractivity contribution in [2.45, 2.75) is 18.5 Å². The predicted octanol–water partition coefficient (Wildman–Crippen LogP) is 2.80. The zero-order valence-electron chi connectivity index (χ0n) is 10.4. The van der Waals surface area contributed by atoms with Gasteiger partial charge in [0.15, 0.2) is 11.0 Å². The van der Waals surface area contributed by atoms with Gasteiger partial charge in [0.2, 0.25) is 0 Å². The molecular weight excluding hydrogens is 244 g/mol. The molecule has 0 aliphatic carbocycles. The van der Waals surface area contributed by atoms with E-state index in [1.54, 1.807) is 11.8 Å². The minimum absolute atomic E-state index is 0.525. The first kappa shape index (κ1) is 12.7. The molecule has 0 aliphatic heterocycles. The van der Waals surface area contributed by atoms with Gasteiger partial charge in [-0.1, -0.05) is 41.6 Å². The van der Waals surface area contributed by atoms with Crippen LogP contribution in [-0.4, -0.2) is 20.5 Å². The highest BCUT2D eigenvalue weighted by Gasteiger charge is 2.10. The number of benzene rings is 1. The Hall–Kier alpha value is -1.80. The Labute approximate surface area is 111 Å². The maximum absolute atomic E-state index is 8.52. The van der Waals surface area contributed by atoms with Gasteiger partial charge in [0, 0.05) is 24.8 Å². The molecule has 2 rings (SSSR count). The van der Waals surface area contributed by atoms with Crippen LogP contribution in [0.1, 0.15) is 12.0 Å². The zero-order valence-corrected chi connectivity index (χ0v) is 11.2. The van der Waals surface area contributed by atoms with E-state index in [0.29, 0.717) is 6.42 Å². The predicted molar refractivity (Wildman–Crippen MR) is 72.1 cm³/mol. The number of hydrogen-bond acceptors (Lipinski definition) is 4. The Kier molecular flexibility index (Phi) is 4.00. The third-order valence-corrected chi connectivity index (χ3v) is 3.61. The van der Waals surface area contributed by atoms with Crippen LogP contribution in [0.4, 0.5) is 0 Å². The van der Waals surface area contributed by atoms with E-state index in [1.807, 2.05) is 23.7 Å². The summed E-state index contributed by atoms with van der Waals surface area (Å²) in [5.74, 6) is 1.60. The average molecular weight is 258 g/mol. The van der Waals surface area contributed by atoms with Gasteiger partial charge in [-0.05, 0) is 6.92 Å². The van der Waals surface area contributed by atoms with E-state index in [2.05, 4.69) is 35.3 Å². The Morgan fingerprint density at radius 3 is 2.67 bits per heavy atom. The molecule has 4 nitrogen and oxygen atoms in total. The third-order valence-electron chi connectivity index (χ3n) is 2.59. The van der Waals surface area contributed by atoms with E-state index in [1.165, 1.54) is 5.56 Å². The van der Waals surface area contributed by atoms with Crippen LogP contribution < -0.4 is 0 Å². The number of aryl methyl sites for hydroxylation is 1. The van der Waals surface area contributed by atoms with Crippen LogP contribution in [0.15, 0.2) is 29.4 Å². The number of hydrogen-bond donors (Lipinski definition) is 0.